The summed E-state index contributed by atoms with van der Waals surface area (Å²) in [7, 11) is 1.59. The number of rotatable bonds is 5. The number of benzene rings is 2. The van der Waals surface area contributed by atoms with Crippen LogP contribution in [0.1, 0.15) is 5.89 Å². The van der Waals surface area contributed by atoms with Gasteiger partial charge in [0.05, 0.1) is 7.11 Å². The highest BCUT2D eigenvalue weighted by Gasteiger charge is 2.11. The van der Waals surface area contributed by atoms with Crippen molar-refractivity contribution in [1.82, 2.24) is 15.5 Å². The van der Waals surface area contributed by atoms with E-state index in [1.165, 1.54) is 0 Å². The van der Waals surface area contributed by atoms with Crippen LogP contribution in [0.3, 0.4) is 0 Å². The van der Waals surface area contributed by atoms with E-state index >= 15 is 0 Å². The van der Waals surface area contributed by atoms with Crippen LogP contribution in [0.2, 0.25) is 0 Å². The van der Waals surface area contributed by atoms with Gasteiger partial charge in [-0.3, -0.25) is 0 Å². The Morgan fingerprint density at radius 2 is 1.92 bits per heavy atom. The van der Waals surface area contributed by atoms with Gasteiger partial charge in [-0.1, -0.05) is 35.5 Å². The Labute approximate surface area is 138 Å². The summed E-state index contributed by atoms with van der Waals surface area (Å²) in [4.78, 5) is 15.9. The third-order valence-corrected chi connectivity index (χ3v) is 3.13. The molecule has 3 rings (SSSR count). The molecule has 3 aromatic rings. The molecule has 7 heteroatoms. The SMILES string of the molecule is COc1cccc(-c2noc(CNC(=O)Oc3ccccc3)n2)c1. The third kappa shape index (κ3) is 3.89. The van der Waals surface area contributed by atoms with Gasteiger partial charge in [-0.15, -0.1) is 0 Å². The maximum absolute atomic E-state index is 11.7. The van der Waals surface area contributed by atoms with Crippen LogP contribution < -0.4 is 14.8 Å². The van der Waals surface area contributed by atoms with Crippen molar-refractivity contribution in [2.45, 2.75) is 6.54 Å². The van der Waals surface area contributed by atoms with E-state index in [0.717, 1.165) is 5.56 Å². The molecule has 7 nitrogen and oxygen atoms in total. The number of hydrogen-bond acceptors (Lipinski definition) is 6. The Kier molecular flexibility index (Phi) is 4.71. The molecule has 0 unspecified atom stereocenters. The fourth-order valence-electron chi connectivity index (χ4n) is 1.99. The van der Waals surface area contributed by atoms with E-state index in [1.807, 2.05) is 24.3 Å². The van der Waals surface area contributed by atoms with Crippen LogP contribution in [0.4, 0.5) is 4.79 Å². The molecule has 0 saturated heterocycles. The number of carbonyl (C=O) groups excluding carboxylic acids is 1. The van der Waals surface area contributed by atoms with Gasteiger partial charge >= 0.3 is 6.09 Å². The highest BCUT2D eigenvalue weighted by molar-refractivity contribution is 5.70. The van der Waals surface area contributed by atoms with Crippen molar-refractivity contribution in [1.29, 1.82) is 0 Å². The molecule has 0 spiro atoms. The van der Waals surface area contributed by atoms with Crippen LogP contribution in [0.15, 0.2) is 59.1 Å². The Bertz CT molecular complexity index is 817. The van der Waals surface area contributed by atoms with Gasteiger partial charge in [0.25, 0.3) is 0 Å². The van der Waals surface area contributed by atoms with E-state index in [2.05, 4.69) is 15.5 Å². The van der Waals surface area contributed by atoms with Crippen LogP contribution in [0.25, 0.3) is 11.4 Å². The van der Waals surface area contributed by atoms with Gasteiger partial charge in [-0.05, 0) is 24.3 Å². The number of nitrogens with one attached hydrogen (secondary N) is 1. The molecule has 1 aromatic heterocycles. The monoisotopic (exact) mass is 325 g/mol. The first kappa shape index (κ1) is 15.5. The van der Waals surface area contributed by atoms with Gasteiger partial charge in [-0.25, -0.2) is 4.79 Å². The van der Waals surface area contributed by atoms with Gasteiger partial charge < -0.3 is 19.3 Å². The lowest BCUT2D eigenvalue weighted by Crippen LogP contribution is -2.26. The van der Waals surface area contributed by atoms with Crippen molar-refractivity contribution >= 4 is 6.09 Å². The van der Waals surface area contributed by atoms with Gasteiger partial charge in [-0.2, -0.15) is 4.98 Å². The molecule has 0 aliphatic carbocycles. The first-order valence-corrected chi connectivity index (χ1v) is 7.22. The molecule has 0 aliphatic heterocycles. The molecule has 1 heterocycles. The first-order chi connectivity index (χ1) is 11.7. The van der Waals surface area contributed by atoms with Crippen molar-refractivity contribution < 1.29 is 18.8 Å². The number of carbonyl (C=O) groups is 1. The van der Waals surface area contributed by atoms with Crippen molar-refractivity contribution in [3.05, 3.63) is 60.5 Å². The summed E-state index contributed by atoms with van der Waals surface area (Å²) in [6, 6.07) is 16.1. The number of methoxy groups -OCH3 is 1. The fraction of sp³-hybridized carbons (Fsp3) is 0.118. The lowest BCUT2D eigenvalue weighted by molar-refractivity contribution is 0.198. The zero-order chi connectivity index (χ0) is 16.8. The summed E-state index contributed by atoms with van der Waals surface area (Å²) < 4.78 is 15.4. The zero-order valence-electron chi connectivity index (χ0n) is 12.9. The first-order valence-electron chi connectivity index (χ1n) is 7.22. The van der Waals surface area contributed by atoms with E-state index in [9.17, 15) is 4.79 Å². The number of amides is 1. The molecule has 0 saturated carbocycles. The number of aromatic nitrogens is 2. The molecule has 122 valence electrons. The van der Waals surface area contributed by atoms with Crippen molar-refractivity contribution in [3.63, 3.8) is 0 Å². The molecule has 0 fully saturated rings. The molecular weight excluding hydrogens is 310 g/mol. The van der Waals surface area contributed by atoms with Gasteiger partial charge in [0.15, 0.2) is 0 Å². The van der Waals surface area contributed by atoms with E-state index < -0.39 is 6.09 Å². The van der Waals surface area contributed by atoms with Crippen LogP contribution in [-0.4, -0.2) is 23.3 Å². The maximum Gasteiger partial charge on any atom is 0.413 e. The van der Waals surface area contributed by atoms with Crippen molar-refractivity contribution in [2.75, 3.05) is 7.11 Å². The summed E-state index contributed by atoms with van der Waals surface area (Å²) in [5, 5.41) is 6.44. The number of hydrogen-bond donors (Lipinski definition) is 1. The molecule has 2 aromatic carbocycles. The Balaban J connectivity index is 1.59. The van der Waals surface area contributed by atoms with Gasteiger partial charge in [0.1, 0.15) is 18.0 Å². The normalized spacial score (nSPS) is 10.2. The highest BCUT2D eigenvalue weighted by atomic mass is 16.6. The molecular formula is C17H15N3O4. The summed E-state index contributed by atoms with van der Waals surface area (Å²) in [5.41, 5.74) is 0.760. The smallest absolute Gasteiger partial charge is 0.413 e. The van der Waals surface area contributed by atoms with E-state index in [4.69, 9.17) is 14.0 Å². The van der Waals surface area contributed by atoms with Gasteiger partial charge in [0, 0.05) is 5.56 Å². The van der Waals surface area contributed by atoms with Crippen molar-refractivity contribution in [3.8, 4) is 22.9 Å². The Hall–Kier alpha value is -3.35. The molecule has 1 amide bonds. The van der Waals surface area contributed by atoms with E-state index in [0.29, 0.717) is 17.3 Å². The predicted octanol–water partition coefficient (Wildman–Crippen LogP) is 3.03. The predicted molar refractivity (Wildman–Crippen MR) is 85.6 cm³/mol. The lowest BCUT2D eigenvalue weighted by atomic mass is 10.2. The van der Waals surface area contributed by atoms with E-state index in [-0.39, 0.29) is 12.4 Å². The van der Waals surface area contributed by atoms with Crippen LogP contribution >= 0.6 is 0 Å². The Morgan fingerprint density at radius 1 is 1.12 bits per heavy atom. The average molecular weight is 325 g/mol. The maximum atomic E-state index is 11.7. The minimum absolute atomic E-state index is 0.0721. The minimum Gasteiger partial charge on any atom is -0.497 e. The number of nitrogens with zero attached hydrogens (tertiary/aromatic N) is 2. The summed E-state index contributed by atoms with van der Waals surface area (Å²) in [5.74, 6) is 1.85. The standard InChI is InChI=1S/C17H15N3O4/c1-22-14-9-5-6-12(10-14)16-19-15(24-20-16)11-18-17(21)23-13-7-3-2-4-8-13/h2-10H,11H2,1H3,(H,18,21). The second-order valence-corrected chi connectivity index (χ2v) is 4.80. The van der Waals surface area contributed by atoms with Crippen LogP contribution in [-0.2, 0) is 6.54 Å². The fourth-order valence-corrected chi connectivity index (χ4v) is 1.99. The largest absolute Gasteiger partial charge is 0.497 e. The second kappa shape index (κ2) is 7.28. The van der Waals surface area contributed by atoms with Crippen molar-refractivity contribution in [2.24, 2.45) is 0 Å². The van der Waals surface area contributed by atoms with Crippen LogP contribution in [0, 0.1) is 0 Å². The third-order valence-electron chi connectivity index (χ3n) is 3.13. The second-order valence-electron chi connectivity index (χ2n) is 4.80. The van der Waals surface area contributed by atoms with E-state index in [1.54, 1.807) is 37.4 Å². The number of ether oxygens (including phenoxy) is 2. The summed E-state index contributed by atoms with van der Waals surface area (Å²) >= 11 is 0. The minimum atomic E-state index is -0.595. The number of para-hydroxylation sites is 1. The average Bonchev–Trinajstić information content (AvgIpc) is 3.10. The summed E-state index contributed by atoms with van der Waals surface area (Å²) in [6.45, 7) is 0.0721. The van der Waals surface area contributed by atoms with Crippen LogP contribution in [0.5, 0.6) is 11.5 Å². The topological polar surface area (TPSA) is 86.5 Å². The molecule has 24 heavy (non-hydrogen) atoms. The molecule has 0 bridgehead atoms. The Morgan fingerprint density at radius 3 is 2.71 bits per heavy atom. The molecule has 0 aliphatic rings. The zero-order valence-corrected chi connectivity index (χ0v) is 12.9. The lowest BCUT2D eigenvalue weighted by Gasteiger charge is -2.03. The highest BCUT2D eigenvalue weighted by Crippen LogP contribution is 2.21. The molecule has 0 atom stereocenters. The molecule has 1 N–H and O–H groups in total. The quantitative estimate of drug-likeness (QED) is 0.776. The molecule has 0 radical (unpaired) electrons. The van der Waals surface area contributed by atoms with Gasteiger partial charge in [0.2, 0.25) is 11.7 Å². The summed E-state index contributed by atoms with van der Waals surface area (Å²) in [6.07, 6.45) is -0.595.